The molecule has 0 aliphatic heterocycles. The molecule has 0 aromatic rings. The third-order valence-corrected chi connectivity index (χ3v) is 3.31. The molecule has 0 saturated carbocycles. The molecule has 120 valence electrons. The number of halogens is 1. The molecule has 0 saturated heterocycles. The van der Waals surface area contributed by atoms with Crippen LogP contribution >= 0.6 is 11.6 Å². The van der Waals surface area contributed by atoms with E-state index in [-0.39, 0.29) is 6.29 Å². The highest BCUT2D eigenvalue weighted by Crippen LogP contribution is 2.14. The van der Waals surface area contributed by atoms with E-state index < -0.39 is 6.10 Å². The van der Waals surface area contributed by atoms with E-state index in [1.165, 1.54) is 11.1 Å². The Hall–Kier alpha value is -0.820. The summed E-state index contributed by atoms with van der Waals surface area (Å²) in [7, 11) is 0. The zero-order chi connectivity index (χ0) is 16.1. The van der Waals surface area contributed by atoms with Gasteiger partial charge in [-0.1, -0.05) is 23.3 Å². The molecular weight excluding hydrogens is 286 g/mol. The number of alkyl halides is 1. The molecule has 0 rings (SSSR count). The lowest BCUT2D eigenvalue weighted by Gasteiger charge is -2.17. The van der Waals surface area contributed by atoms with Crippen LogP contribution in [-0.2, 0) is 9.47 Å². The van der Waals surface area contributed by atoms with Crippen molar-refractivity contribution in [2.45, 2.75) is 65.8 Å². The number of allylic oxidation sites excluding steroid dienone is 4. The van der Waals surface area contributed by atoms with E-state index in [1.807, 2.05) is 19.9 Å². The summed E-state index contributed by atoms with van der Waals surface area (Å²) in [5, 5.41) is 9.09. The maximum atomic E-state index is 9.09. The zero-order valence-corrected chi connectivity index (χ0v) is 14.4. The first-order valence-electron chi connectivity index (χ1n) is 7.57. The second-order valence-electron chi connectivity index (χ2n) is 5.11. The molecule has 21 heavy (non-hydrogen) atoms. The third kappa shape index (κ3) is 11.5. The van der Waals surface area contributed by atoms with Crippen molar-refractivity contribution in [1.82, 2.24) is 0 Å². The van der Waals surface area contributed by atoms with Gasteiger partial charge < -0.3 is 9.47 Å². The highest BCUT2D eigenvalue weighted by Gasteiger charge is 2.12. The van der Waals surface area contributed by atoms with Gasteiger partial charge in [0.25, 0.3) is 0 Å². The molecule has 0 fully saturated rings. The second-order valence-corrected chi connectivity index (χ2v) is 5.42. The van der Waals surface area contributed by atoms with Crippen LogP contribution in [-0.4, -0.2) is 24.9 Å². The Kier molecular flexibility index (Phi) is 12.4. The van der Waals surface area contributed by atoms with Gasteiger partial charge in [-0.3, -0.25) is 0 Å². The van der Waals surface area contributed by atoms with E-state index in [1.54, 1.807) is 0 Å². The largest absolute Gasteiger partial charge is 0.353 e. The van der Waals surface area contributed by atoms with Crippen molar-refractivity contribution in [3.8, 4) is 6.07 Å². The summed E-state index contributed by atoms with van der Waals surface area (Å²) >= 11 is 5.66. The van der Waals surface area contributed by atoms with Gasteiger partial charge in [0.2, 0.25) is 0 Å². The highest BCUT2D eigenvalue weighted by molar-refractivity contribution is 6.18. The van der Waals surface area contributed by atoms with E-state index >= 15 is 0 Å². The lowest BCUT2D eigenvalue weighted by molar-refractivity contribution is -0.145. The number of rotatable bonds is 11. The lowest BCUT2D eigenvalue weighted by atomic mass is 10.1. The molecule has 1 unspecified atom stereocenters. The summed E-state index contributed by atoms with van der Waals surface area (Å²) < 4.78 is 10.8. The summed E-state index contributed by atoms with van der Waals surface area (Å²) in [5.74, 6) is 0.577. The van der Waals surface area contributed by atoms with Gasteiger partial charge in [-0.15, -0.1) is 11.6 Å². The first-order valence-corrected chi connectivity index (χ1v) is 8.10. The highest BCUT2D eigenvalue weighted by atomic mass is 35.5. The standard InChI is InChI=1S/C17H28ClNO2/c1-5-20-16(4)21-17(13-19)10-9-14(2)7-6-8-15(3)11-12-18/h7,11,16-17H,5-6,8-10,12H2,1-4H3/b14-7+,15-11+/t16?,17-/m1/s1. The van der Waals surface area contributed by atoms with Crippen molar-refractivity contribution in [2.75, 3.05) is 12.5 Å². The SMILES string of the molecule is CCOC(C)O[C@@H](C#N)CC/C(C)=C/CC/C(C)=C/CCl. The molecule has 0 radical (unpaired) electrons. The molecule has 0 N–H and O–H groups in total. The van der Waals surface area contributed by atoms with Gasteiger partial charge in [-0.05, 0) is 53.4 Å². The fourth-order valence-electron chi connectivity index (χ4n) is 1.91. The van der Waals surface area contributed by atoms with E-state index in [4.69, 9.17) is 26.3 Å². The van der Waals surface area contributed by atoms with Gasteiger partial charge in [0.1, 0.15) is 6.10 Å². The minimum Gasteiger partial charge on any atom is -0.353 e. The average Bonchev–Trinajstić information content (AvgIpc) is 2.44. The number of nitrogens with zero attached hydrogens (tertiary/aromatic N) is 1. The predicted octanol–water partition coefficient (Wildman–Crippen LogP) is 4.97. The summed E-state index contributed by atoms with van der Waals surface area (Å²) in [6, 6.07) is 2.18. The predicted molar refractivity (Wildman–Crippen MR) is 88.3 cm³/mol. The van der Waals surface area contributed by atoms with Crippen molar-refractivity contribution < 1.29 is 9.47 Å². The minimum atomic E-state index is -0.409. The van der Waals surface area contributed by atoms with Crippen LogP contribution in [0.4, 0.5) is 0 Å². The van der Waals surface area contributed by atoms with Crippen molar-refractivity contribution in [3.05, 3.63) is 23.3 Å². The van der Waals surface area contributed by atoms with Crippen molar-refractivity contribution in [2.24, 2.45) is 0 Å². The van der Waals surface area contributed by atoms with Gasteiger partial charge in [0.05, 0.1) is 6.07 Å². The topological polar surface area (TPSA) is 42.2 Å². The maximum absolute atomic E-state index is 9.09. The molecule has 2 atom stereocenters. The van der Waals surface area contributed by atoms with Crippen molar-refractivity contribution in [1.29, 1.82) is 5.26 Å². The van der Waals surface area contributed by atoms with E-state index in [2.05, 4.69) is 26.0 Å². The summed E-state index contributed by atoms with van der Waals surface area (Å²) in [4.78, 5) is 0. The van der Waals surface area contributed by atoms with Crippen LogP contribution in [0.5, 0.6) is 0 Å². The first kappa shape index (κ1) is 20.2. The normalized spacial score (nSPS) is 15.6. The summed E-state index contributed by atoms with van der Waals surface area (Å²) in [6.45, 7) is 8.52. The molecule has 0 bridgehead atoms. The second kappa shape index (κ2) is 12.9. The molecule has 0 aliphatic rings. The fourth-order valence-corrected chi connectivity index (χ4v) is 2.17. The Morgan fingerprint density at radius 2 is 1.90 bits per heavy atom. The summed E-state index contributed by atoms with van der Waals surface area (Å²) in [6.07, 6.45) is 7.15. The molecular formula is C17H28ClNO2. The Bertz CT molecular complexity index is 371. The van der Waals surface area contributed by atoms with Gasteiger partial charge in [-0.2, -0.15) is 5.26 Å². The average molecular weight is 314 g/mol. The molecule has 0 aliphatic carbocycles. The third-order valence-electron chi connectivity index (χ3n) is 3.16. The van der Waals surface area contributed by atoms with Crippen LogP contribution in [0, 0.1) is 11.3 Å². The monoisotopic (exact) mass is 313 g/mol. The quantitative estimate of drug-likeness (QED) is 0.307. The van der Waals surface area contributed by atoms with Crippen LogP contribution < -0.4 is 0 Å². The van der Waals surface area contributed by atoms with E-state index in [0.29, 0.717) is 18.9 Å². The molecule has 0 spiro atoms. The fraction of sp³-hybridized carbons (Fsp3) is 0.706. The smallest absolute Gasteiger partial charge is 0.156 e. The lowest BCUT2D eigenvalue weighted by Crippen LogP contribution is -2.21. The number of hydrogen-bond donors (Lipinski definition) is 0. The maximum Gasteiger partial charge on any atom is 0.156 e. The Morgan fingerprint density at radius 1 is 1.24 bits per heavy atom. The van der Waals surface area contributed by atoms with Gasteiger partial charge in [-0.25, -0.2) is 0 Å². The zero-order valence-electron chi connectivity index (χ0n) is 13.7. The van der Waals surface area contributed by atoms with E-state index in [0.717, 1.165) is 19.3 Å². The molecule has 0 heterocycles. The van der Waals surface area contributed by atoms with Crippen LogP contribution in [0.15, 0.2) is 23.3 Å². The summed E-state index contributed by atoms with van der Waals surface area (Å²) in [5.41, 5.74) is 2.61. The molecule has 0 amide bonds. The Morgan fingerprint density at radius 3 is 2.48 bits per heavy atom. The van der Waals surface area contributed by atoms with Crippen LogP contribution in [0.2, 0.25) is 0 Å². The van der Waals surface area contributed by atoms with Crippen molar-refractivity contribution in [3.63, 3.8) is 0 Å². The first-order chi connectivity index (χ1) is 10.0. The minimum absolute atomic E-state index is 0.327. The number of hydrogen-bond acceptors (Lipinski definition) is 3. The Labute approximate surface area is 134 Å². The van der Waals surface area contributed by atoms with Crippen LogP contribution in [0.1, 0.15) is 53.4 Å². The van der Waals surface area contributed by atoms with Gasteiger partial charge in [0.15, 0.2) is 6.29 Å². The molecule has 4 heteroatoms. The van der Waals surface area contributed by atoms with Gasteiger partial charge in [0, 0.05) is 12.5 Å². The molecule has 0 aromatic heterocycles. The van der Waals surface area contributed by atoms with Gasteiger partial charge >= 0.3 is 0 Å². The Balaban J connectivity index is 4.06. The molecule has 3 nitrogen and oxygen atoms in total. The van der Waals surface area contributed by atoms with E-state index in [9.17, 15) is 0 Å². The van der Waals surface area contributed by atoms with Crippen molar-refractivity contribution >= 4 is 11.6 Å². The number of ether oxygens (including phenoxy) is 2. The van der Waals surface area contributed by atoms with Crippen LogP contribution in [0.25, 0.3) is 0 Å². The number of nitriles is 1. The molecule has 0 aromatic carbocycles. The van der Waals surface area contributed by atoms with Crippen LogP contribution in [0.3, 0.4) is 0 Å².